The zero-order valence-corrected chi connectivity index (χ0v) is 19.0. The molecule has 2 aromatic heterocycles. The van der Waals surface area contributed by atoms with Crippen LogP contribution in [-0.2, 0) is 0 Å². The Morgan fingerprint density at radius 2 is 1.90 bits per heavy atom. The highest BCUT2D eigenvalue weighted by molar-refractivity contribution is 9.10. The molecule has 8 heteroatoms. The maximum atomic E-state index is 13.5. The van der Waals surface area contributed by atoms with Crippen molar-refractivity contribution in [2.75, 3.05) is 4.90 Å². The van der Waals surface area contributed by atoms with Crippen LogP contribution >= 0.6 is 43.2 Å². The van der Waals surface area contributed by atoms with E-state index in [2.05, 4.69) is 36.8 Å². The summed E-state index contributed by atoms with van der Waals surface area (Å²) >= 11 is 8.26. The molecule has 0 aliphatic carbocycles. The van der Waals surface area contributed by atoms with E-state index in [-0.39, 0.29) is 17.1 Å². The molecule has 0 radical (unpaired) electrons. The van der Waals surface area contributed by atoms with Gasteiger partial charge in [-0.2, -0.15) is 0 Å². The summed E-state index contributed by atoms with van der Waals surface area (Å²) < 4.78 is 7.58. The molecular formula is C21H12Br2N2O3S. The van der Waals surface area contributed by atoms with Crippen LogP contribution in [0.25, 0.3) is 11.0 Å². The lowest BCUT2D eigenvalue weighted by Gasteiger charge is -2.22. The predicted octanol–water partition coefficient (Wildman–Crippen LogP) is 5.83. The van der Waals surface area contributed by atoms with Crippen LogP contribution in [0.15, 0.2) is 66.0 Å². The molecule has 0 saturated carbocycles. The van der Waals surface area contributed by atoms with Crippen molar-refractivity contribution < 1.29 is 9.21 Å². The van der Waals surface area contributed by atoms with Crippen molar-refractivity contribution in [2.24, 2.45) is 0 Å². The fourth-order valence-electron chi connectivity index (χ4n) is 3.59. The number of halogens is 2. The summed E-state index contributed by atoms with van der Waals surface area (Å²) in [6.07, 6.45) is 0. The van der Waals surface area contributed by atoms with Crippen molar-refractivity contribution in [3.63, 3.8) is 0 Å². The van der Waals surface area contributed by atoms with Gasteiger partial charge >= 0.3 is 0 Å². The fourth-order valence-corrected chi connectivity index (χ4v) is 5.19. The third-order valence-electron chi connectivity index (χ3n) is 4.81. The standard InChI is InChI=1S/C21H12Br2N2O3S/c1-10-9-29-21(24-10)25-17(11-3-2-4-12(22)7-11)16-18(26)14-8-13(23)5-6-15(14)28-19(16)20(25)27/h2-9,17H,1H3/t17-/m1/s1. The van der Waals surface area contributed by atoms with Gasteiger partial charge in [0.05, 0.1) is 22.7 Å². The van der Waals surface area contributed by atoms with Crippen LogP contribution in [0.1, 0.15) is 33.4 Å². The molecule has 0 N–H and O–H groups in total. The van der Waals surface area contributed by atoms with Crippen LogP contribution in [0.3, 0.4) is 0 Å². The van der Waals surface area contributed by atoms with E-state index in [1.165, 1.54) is 11.3 Å². The first-order valence-corrected chi connectivity index (χ1v) is 11.2. The lowest BCUT2D eigenvalue weighted by molar-refractivity contribution is 0.0971. The fraction of sp³-hybridized carbons (Fsp3) is 0.0952. The summed E-state index contributed by atoms with van der Waals surface area (Å²) in [4.78, 5) is 32.9. The number of hydrogen-bond donors (Lipinski definition) is 0. The maximum absolute atomic E-state index is 13.5. The van der Waals surface area contributed by atoms with E-state index in [1.54, 1.807) is 23.1 Å². The number of rotatable bonds is 2. The van der Waals surface area contributed by atoms with Gasteiger partial charge in [-0.25, -0.2) is 4.98 Å². The van der Waals surface area contributed by atoms with E-state index in [0.717, 1.165) is 20.2 Å². The van der Waals surface area contributed by atoms with Crippen molar-refractivity contribution in [3.05, 3.63) is 89.6 Å². The minimum absolute atomic E-state index is 0.0719. The van der Waals surface area contributed by atoms with Crippen LogP contribution in [0, 0.1) is 6.92 Å². The molecule has 0 saturated heterocycles. The quantitative estimate of drug-likeness (QED) is 0.326. The molecule has 0 spiro atoms. The number of hydrogen-bond acceptors (Lipinski definition) is 5. The SMILES string of the molecule is Cc1csc(N2C(=O)c3oc4ccc(Br)cc4c(=O)c3[C@H]2c2cccc(Br)c2)n1. The van der Waals surface area contributed by atoms with Gasteiger partial charge in [0.15, 0.2) is 10.6 Å². The van der Waals surface area contributed by atoms with E-state index < -0.39 is 6.04 Å². The molecule has 29 heavy (non-hydrogen) atoms. The Balaban J connectivity index is 1.84. The number of benzene rings is 2. The number of aromatic nitrogens is 1. The van der Waals surface area contributed by atoms with E-state index in [0.29, 0.717) is 21.7 Å². The van der Waals surface area contributed by atoms with Crippen molar-refractivity contribution in [1.29, 1.82) is 0 Å². The summed E-state index contributed by atoms with van der Waals surface area (Å²) in [5, 5.41) is 2.85. The highest BCUT2D eigenvalue weighted by Crippen LogP contribution is 2.42. The minimum atomic E-state index is -0.611. The Kier molecular flexibility index (Phi) is 4.45. The van der Waals surface area contributed by atoms with Gasteiger partial charge in [-0.05, 0) is 42.8 Å². The van der Waals surface area contributed by atoms with Gasteiger partial charge in [0.1, 0.15) is 5.58 Å². The highest BCUT2D eigenvalue weighted by Gasteiger charge is 2.44. The zero-order valence-electron chi connectivity index (χ0n) is 15.0. The average molecular weight is 532 g/mol. The zero-order chi connectivity index (χ0) is 20.3. The van der Waals surface area contributed by atoms with Crippen LogP contribution < -0.4 is 10.3 Å². The molecule has 1 atom stereocenters. The topological polar surface area (TPSA) is 63.4 Å². The number of amides is 1. The van der Waals surface area contributed by atoms with Gasteiger partial charge in [-0.3, -0.25) is 14.5 Å². The van der Waals surface area contributed by atoms with Crippen molar-refractivity contribution >= 4 is 65.2 Å². The molecule has 5 nitrogen and oxygen atoms in total. The lowest BCUT2D eigenvalue weighted by atomic mass is 9.99. The average Bonchev–Trinajstić information content (AvgIpc) is 3.24. The molecule has 4 aromatic rings. The number of fused-ring (bicyclic) bond motifs is 2. The van der Waals surface area contributed by atoms with E-state index in [1.807, 2.05) is 36.6 Å². The molecule has 0 fully saturated rings. The van der Waals surface area contributed by atoms with Gasteiger partial charge in [-0.1, -0.05) is 44.0 Å². The van der Waals surface area contributed by atoms with Crippen molar-refractivity contribution in [1.82, 2.24) is 4.98 Å². The summed E-state index contributed by atoms with van der Waals surface area (Å²) in [5.74, 6) is -0.288. The highest BCUT2D eigenvalue weighted by atomic mass is 79.9. The number of carbonyl (C=O) groups is 1. The lowest BCUT2D eigenvalue weighted by Crippen LogP contribution is -2.29. The maximum Gasteiger partial charge on any atom is 0.297 e. The van der Waals surface area contributed by atoms with Crippen LogP contribution in [0.5, 0.6) is 0 Å². The first kappa shape index (κ1) is 18.7. The Morgan fingerprint density at radius 3 is 2.62 bits per heavy atom. The van der Waals surface area contributed by atoms with Crippen molar-refractivity contribution in [3.8, 4) is 0 Å². The van der Waals surface area contributed by atoms with Crippen LogP contribution in [-0.4, -0.2) is 10.9 Å². The van der Waals surface area contributed by atoms with E-state index in [4.69, 9.17) is 4.42 Å². The van der Waals surface area contributed by atoms with E-state index in [9.17, 15) is 9.59 Å². The number of aryl methyl sites for hydroxylation is 1. The molecule has 0 bridgehead atoms. The Labute approximate surface area is 186 Å². The van der Waals surface area contributed by atoms with Gasteiger partial charge in [0.2, 0.25) is 5.76 Å². The second kappa shape index (κ2) is 6.90. The Morgan fingerprint density at radius 1 is 1.10 bits per heavy atom. The van der Waals surface area contributed by atoms with E-state index >= 15 is 0 Å². The minimum Gasteiger partial charge on any atom is -0.450 e. The number of anilines is 1. The number of nitrogens with zero attached hydrogens (tertiary/aromatic N) is 2. The molecule has 3 heterocycles. The largest absolute Gasteiger partial charge is 0.450 e. The molecule has 5 rings (SSSR count). The molecule has 144 valence electrons. The van der Waals surface area contributed by atoms with Gasteiger partial charge in [0, 0.05) is 14.3 Å². The summed E-state index contributed by atoms with van der Waals surface area (Å²) in [6, 6.07) is 12.2. The second-order valence-electron chi connectivity index (χ2n) is 6.72. The van der Waals surface area contributed by atoms with Gasteiger partial charge < -0.3 is 4.42 Å². The summed E-state index contributed by atoms with van der Waals surface area (Å²) in [6.45, 7) is 1.87. The van der Waals surface area contributed by atoms with Crippen LogP contribution in [0.2, 0.25) is 0 Å². The molecule has 2 aromatic carbocycles. The smallest absolute Gasteiger partial charge is 0.297 e. The molecule has 1 amide bonds. The van der Waals surface area contributed by atoms with Gasteiger partial charge in [0.25, 0.3) is 5.91 Å². The van der Waals surface area contributed by atoms with Crippen molar-refractivity contribution in [2.45, 2.75) is 13.0 Å². The molecule has 1 aliphatic heterocycles. The first-order chi connectivity index (χ1) is 13.9. The number of carbonyl (C=O) groups excluding carboxylic acids is 1. The third kappa shape index (κ3) is 2.97. The Hall–Kier alpha value is -2.29. The van der Waals surface area contributed by atoms with Gasteiger partial charge in [-0.15, -0.1) is 11.3 Å². The Bertz CT molecular complexity index is 1360. The summed E-state index contributed by atoms with van der Waals surface area (Å²) in [5.41, 5.74) is 2.13. The monoisotopic (exact) mass is 530 g/mol. The molecular weight excluding hydrogens is 520 g/mol. The molecule has 0 unspecified atom stereocenters. The predicted molar refractivity (Wildman–Crippen MR) is 120 cm³/mol. The normalized spacial score (nSPS) is 15.9. The summed E-state index contributed by atoms with van der Waals surface area (Å²) in [7, 11) is 0. The number of thiazole rings is 1. The molecule has 1 aliphatic rings. The third-order valence-corrected chi connectivity index (χ3v) is 6.75. The second-order valence-corrected chi connectivity index (χ2v) is 9.39. The first-order valence-electron chi connectivity index (χ1n) is 8.71. The van der Waals surface area contributed by atoms with Crippen LogP contribution in [0.4, 0.5) is 5.13 Å².